The van der Waals surface area contributed by atoms with E-state index in [9.17, 15) is 0 Å². The summed E-state index contributed by atoms with van der Waals surface area (Å²) in [6, 6.07) is 8.17. The first-order valence-corrected chi connectivity index (χ1v) is 7.14. The van der Waals surface area contributed by atoms with E-state index < -0.39 is 0 Å². The summed E-state index contributed by atoms with van der Waals surface area (Å²) >= 11 is 1.68. The topological polar surface area (TPSA) is 55.6 Å². The molecule has 2 aromatic heterocycles. The summed E-state index contributed by atoms with van der Waals surface area (Å²) in [5.41, 5.74) is 1.05. The molecule has 19 heavy (non-hydrogen) atoms. The number of thiazole rings is 1. The number of benzene rings is 1. The van der Waals surface area contributed by atoms with E-state index >= 15 is 0 Å². The second-order valence-corrected chi connectivity index (χ2v) is 5.23. The van der Waals surface area contributed by atoms with Gasteiger partial charge in [-0.2, -0.15) is 0 Å². The number of anilines is 1. The molecule has 1 N–H and O–H groups in total. The predicted octanol–water partition coefficient (Wildman–Crippen LogP) is 2.56. The SMILES string of the molecule is CCn1cnnc1CCNc1nc2ccccc2s1. The lowest BCUT2D eigenvalue weighted by atomic mass is 10.3. The zero-order valence-corrected chi connectivity index (χ0v) is 11.5. The minimum atomic E-state index is 0.818. The minimum Gasteiger partial charge on any atom is -0.361 e. The molecule has 5 nitrogen and oxygen atoms in total. The molecule has 0 fully saturated rings. The van der Waals surface area contributed by atoms with Gasteiger partial charge in [0.15, 0.2) is 5.13 Å². The maximum Gasteiger partial charge on any atom is 0.183 e. The van der Waals surface area contributed by atoms with Crippen LogP contribution in [0.15, 0.2) is 30.6 Å². The summed E-state index contributed by atoms with van der Waals surface area (Å²) in [4.78, 5) is 4.54. The van der Waals surface area contributed by atoms with E-state index in [2.05, 4.69) is 38.1 Å². The molecule has 0 radical (unpaired) electrons. The van der Waals surface area contributed by atoms with Gasteiger partial charge in [-0.25, -0.2) is 4.98 Å². The predicted molar refractivity (Wildman–Crippen MR) is 77.5 cm³/mol. The van der Waals surface area contributed by atoms with Crippen LogP contribution in [0.5, 0.6) is 0 Å². The molecular formula is C13H15N5S. The minimum absolute atomic E-state index is 0.818. The lowest BCUT2D eigenvalue weighted by Crippen LogP contribution is -2.09. The van der Waals surface area contributed by atoms with Crippen LogP contribution < -0.4 is 5.32 Å². The standard InChI is InChI=1S/C13H15N5S/c1-2-18-9-15-17-12(18)7-8-14-13-16-10-5-3-4-6-11(10)19-13/h3-6,9H,2,7-8H2,1H3,(H,14,16). The van der Waals surface area contributed by atoms with Gasteiger partial charge in [-0.3, -0.25) is 0 Å². The average molecular weight is 273 g/mol. The molecular weight excluding hydrogens is 258 g/mol. The highest BCUT2D eigenvalue weighted by molar-refractivity contribution is 7.22. The van der Waals surface area contributed by atoms with E-state index in [4.69, 9.17) is 0 Å². The molecule has 0 unspecified atom stereocenters. The Hall–Kier alpha value is -1.95. The number of aryl methyl sites for hydroxylation is 1. The zero-order chi connectivity index (χ0) is 13.1. The van der Waals surface area contributed by atoms with E-state index in [1.54, 1.807) is 17.7 Å². The number of hydrogen-bond donors (Lipinski definition) is 1. The van der Waals surface area contributed by atoms with E-state index in [-0.39, 0.29) is 0 Å². The van der Waals surface area contributed by atoms with Crippen molar-refractivity contribution < 1.29 is 0 Å². The number of para-hydroxylation sites is 1. The fourth-order valence-electron chi connectivity index (χ4n) is 1.97. The molecule has 3 rings (SSSR count). The first kappa shape index (κ1) is 12.1. The third-order valence-electron chi connectivity index (χ3n) is 2.96. The quantitative estimate of drug-likeness (QED) is 0.776. The van der Waals surface area contributed by atoms with Crippen LogP contribution in [0.2, 0.25) is 0 Å². The van der Waals surface area contributed by atoms with Crippen molar-refractivity contribution in [1.29, 1.82) is 0 Å². The molecule has 2 heterocycles. The van der Waals surface area contributed by atoms with Crippen molar-refractivity contribution in [2.45, 2.75) is 19.9 Å². The molecule has 0 aliphatic rings. The van der Waals surface area contributed by atoms with Crippen LogP contribution in [0.3, 0.4) is 0 Å². The molecule has 0 spiro atoms. The van der Waals surface area contributed by atoms with Crippen LogP contribution in [-0.4, -0.2) is 26.3 Å². The van der Waals surface area contributed by atoms with Crippen molar-refractivity contribution >= 4 is 26.7 Å². The van der Waals surface area contributed by atoms with Crippen molar-refractivity contribution in [2.75, 3.05) is 11.9 Å². The molecule has 1 aromatic carbocycles. The third kappa shape index (κ3) is 2.58. The number of fused-ring (bicyclic) bond motifs is 1. The van der Waals surface area contributed by atoms with Crippen LogP contribution in [0.1, 0.15) is 12.7 Å². The first-order valence-electron chi connectivity index (χ1n) is 6.33. The second-order valence-electron chi connectivity index (χ2n) is 4.20. The normalized spacial score (nSPS) is 11.0. The number of hydrogen-bond acceptors (Lipinski definition) is 5. The van der Waals surface area contributed by atoms with Gasteiger partial charge in [0, 0.05) is 19.5 Å². The molecule has 0 saturated carbocycles. The summed E-state index contributed by atoms with van der Waals surface area (Å²) in [6.45, 7) is 3.82. The van der Waals surface area contributed by atoms with Crippen molar-refractivity contribution in [3.63, 3.8) is 0 Å². The van der Waals surface area contributed by atoms with Gasteiger partial charge in [0.25, 0.3) is 0 Å². The lowest BCUT2D eigenvalue weighted by molar-refractivity contribution is 0.698. The highest BCUT2D eigenvalue weighted by atomic mass is 32.1. The summed E-state index contributed by atoms with van der Waals surface area (Å²) in [5.74, 6) is 1.01. The molecule has 0 bridgehead atoms. The van der Waals surface area contributed by atoms with E-state index in [0.717, 1.165) is 36.0 Å². The summed E-state index contributed by atoms with van der Waals surface area (Å²) in [7, 11) is 0. The third-order valence-corrected chi connectivity index (χ3v) is 3.95. The molecule has 0 aliphatic carbocycles. The zero-order valence-electron chi connectivity index (χ0n) is 10.7. The van der Waals surface area contributed by atoms with Gasteiger partial charge >= 0.3 is 0 Å². The van der Waals surface area contributed by atoms with Gasteiger partial charge < -0.3 is 9.88 Å². The Bertz CT molecular complexity index is 639. The highest BCUT2D eigenvalue weighted by Crippen LogP contribution is 2.25. The van der Waals surface area contributed by atoms with Crippen molar-refractivity contribution in [1.82, 2.24) is 19.7 Å². The smallest absolute Gasteiger partial charge is 0.183 e. The molecule has 98 valence electrons. The van der Waals surface area contributed by atoms with Gasteiger partial charge in [-0.15, -0.1) is 10.2 Å². The molecule has 6 heteroatoms. The summed E-state index contributed by atoms with van der Waals surface area (Å²) in [5, 5.41) is 12.4. The van der Waals surface area contributed by atoms with Gasteiger partial charge in [-0.05, 0) is 19.1 Å². The van der Waals surface area contributed by atoms with Gasteiger partial charge in [0.1, 0.15) is 12.2 Å². The first-order chi connectivity index (χ1) is 9.36. The van der Waals surface area contributed by atoms with Gasteiger partial charge in [0.2, 0.25) is 0 Å². The Balaban J connectivity index is 1.63. The Morgan fingerprint density at radius 2 is 2.21 bits per heavy atom. The number of rotatable bonds is 5. The van der Waals surface area contributed by atoms with Crippen LogP contribution in [0, 0.1) is 0 Å². The Morgan fingerprint density at radius 1 is 1.32 bits per heavy atom. The van der Waals surface area contributed by atoms with Crippen molar-refractivity contribution in [3.8, 4) is 0 Å². The van der Waals surface area contributed by atoms with Crippen LogP contribution >= 0.6 is 11.3 Å². The van der Waals surface area contributed by atoms with Crippen molar-refractivity contribution in [3.05, 3.63) is 36.4 Å². The summed E-state index contributed by atoms with van der Waals surface area (Å²) < 4.78 is 3.27. The number of nitrogens with one attached hydrogen (secondary N) is 1. The fourth-order valence-corrected chi connectivity index (χ4v) is 2.86. The van der Waals surface area contributed by atoms with E-state index in [1.165, 1.54) is 4.70 Å². The van der Waals surface area contributed by atoms with Gasteiger partial charge in [-0.1, -0.05) is 23.5 Å². The monoisotopic (exact) mass is 273 g/mol. The molecule has 0 amide bonds. The second kappa shape index (κ2) is 5.36. The number of aromatic nitrogens is 4. The lowest BCUT2D eigenvalue weighted by Gasteiger charge is -2.03. The molecule has 3 aromatic rings. The van der Waals surface area contributed by atoms with Crippen LogP contribution in [-0.2, 0) is 13.0 Å². The fraction of sp³-hybridized carbons (Fsp3) is 0.308. The maximum absolute atomic E-state index is 4.54. The van der Waals surface area contributed by atoms with E-state index in [0.29, 0.717) is 0 Å². The summed E-state index contributed by atoms with van der Waals surface area (Å²) in [6.07, 6.45) is 2.62. The van der Waals surface area contributed by atoms with E-state index in [1.807, 2.05) is 18.2 Å². The van der Waals surface area contributed by atoms with Crippen LogP contribution in [0.25, 0.3) is 10.2 Å². The molecule has 0 saturated heterocycles. The molecule has 0 atom stereocenters. The maximum atomic E-state index is 4.54. The Kier molecular flexibility index (Phi) is 3.41. The average Bonchev–Trinajstić information content (AvgIpc) is 3.04. The van der Waals surface area contributed by atoms with Crippen LogP contribution in [0.4, 0.5) is 5.13 Å². The largest absolute Gasteiger partial charge is 0.361 e. The Labute approximate surface area is 115 Å². The number of nitrogens with zero attached hydrogens (tertiary/aromatic N) is 4. The van der Waals surface area contributed by atoms with Gasteiger partial charge in [0.05, 0.1) is 10.2 Å². The van der Waals surface area contributed by atoms with Crippen molar-refractivity contribution in [2.24, 2.45) is 0 Å². The molecule has 0 aliphatic heterocycles. The highest BCUT2D eigenvalue weighted by Gasteiger charge is 2.04. The Morgan fingerprint density at radius 3 is 3.05 bits per heavy atom.